The van der Waals surface area contributed by atoms with Crippen LogP contribution in [0.3, 0.4) is 0 Å². The summed E-state index contributed by atoms with van der Waals surface area (Å²) in [6, 6.07) is 0. The summed E-state index contributed by atoms with van der Waals surface area (Å²) in [5.74, 6) is 2.04. The number of hydrogen-bond donors (Lipinski definition) is 2. The zero-order chi connectivity index (χ0) is 12.8. The van der Waals surface area contributed by atoms with Crippen molar-refractivity contribution in [2.45, 2.75) is 38.8 Å². The highest BCUT2D eigenvalue weighted by Crippen LogP contribution is 2.15. The van der Waals surface area contributed by atoms with Gasteiger partial charge < -0.3 is 5.32 Å². The summed E-state index contributed by atoms with van der Waals surface area (Å²) in [4.78, 5) is 15.8. The molecule has 0 aliphatic carbocycles. The van der Waals surface area contributed by atoms with Gasteiger partial charge in [-0.1, -0.05) is 39.5 Å². The Balaban J connectivity index is 2.32. The van der Waals surface area contributed by atoms with Crippen molar-refractivity contribution in [3.63, 3.8) is 0 Å². The van der Waals surface area contributed by atoms with Crippen molar-refractivity contribution in [3.05, 3.63) is 5.82 Å². The van der Waals surface area contributed by atoms with Crippen molar-refractivity contribution in [1.82, 2.24) is 20.5 Å². The van der Waals surface area contributed by atoms with Gasteiger partial charge in [-0.05, 0) is 5.92 Å². The van der Waals surface area contributed by atoms with Crippen molar-refractivity contribution in [3.8, 4) is 0 Å². The molecule has 0 unspecified atom stereocenters. The molecule has 1 aromatic rings. The van der Waals surface area contributed by atoms with Crippen molar-refractivity contribution in [1.29, 1.82) is 0 Å². The molecule has 5 nitrogen and oxygen atoms in total. The molecule has 1 rings (SSSR count). The van der Waals surface area contributed by atoms with Crippen LogP contribution in [0.4, 0.5) is 0 Å². The molecule has 0 bridgehead atoms. The van der Waals surface area contributed by atoms with Gasteiger partial charge >= 0.3 is 0 Å². The minimum atomic E-state index is 0.0274. The van der Waals surface area contributed by atoms with E-state index in [-0.39, 0.29) is 5.91 Å². The number of carbonyl (C=O) groups is 1. The van der Waals surface area contributed by atoms with Gasteiger partial charge in [-0.2, -0.15) is 0 Å². The van der Waals surface area contributed by atoms with Gasteiger partial charge in [0.25, 0.3) is 0 Å². The second-order valence-corrected chi connectivity index (χ2v) is 5.59. The number of aromatic nitrogens is 3. The van der Waals surface area contributed by atoms with Crippen molar-refractivity contribution in [2.24, 2.45) is 5.92 Å². The van der Waals surface area contributed by atoms with Gasteiger partial charge in [0.15, 0.2) is 0 Å². The Labute approximate surface area is 106 Å². The lowest BCUT2D eigenvalue weighted by Gasteiger charge is -2.05. The number of amides is 1. The summed E-state index contributed by atoms with van der Waals surface area (Å²) < 4.78 is 0. The largest absolute Gasteiger partial charge is 0.355 e. The van der Waals surface area contributed by atoms with Crippen LogP contribution < -0.4 is 5.32 Å². The first-order valence-electron chi connectivity index (χ1n) is 5.80. The maximum Gasteiger partial charge on any atom is 0.230 e. The molecule has 0 spiro atoms. The van der Waals surface area contributed by atoms with Crippen molar-refractivity contribution in [2.75, 3.05) is 12.3 Å². The van der Waals surface area contributed by atoms with E-state index in [1.54, 1.807) is 0 Å². The first-order chi connectivity index (χ1) is 7.99. The molecule has 1 heterocycles. The molecular formula is C11H20N4OS. The predicted octanol–water partition coefficient (Wildman–Crippen LogP) is 1.79. The molecule has 17 heavy (non-hydrogen) atoms. The van der Waals surface area contributed by atoms with Crippen LogP contribution in [0.15, 0.2) is 5.16 Å². The molecule has 2 N–H and O–H groups in total. The van der Waals surface area contributed by atoms with Crippen LogP contribution in [-0.2, 0) is 4.79 Å². The standard InChI is InChI=1S/C11H20N4OS/c1-7(2)5-12-9(16)6-17-11-13-10(8(3)4)14-15-11/h7-8H,5-6H2,1-4H3,(H,12,16)(H,13,14,15). The lowest BCUT2D eigenvalue weighted by atomic mass is 10.2. The van der Waals surface area contributed by atoms with Crippen LogP contribution in [0, 0.1) is 5.92 Å². The molecule has 0 saturated carbocycles. The van der Waals surface area contributed by atoms with E-state index in [0.29, 0.717) is 29.3 Å². The molecule has 1 aromatic heterocycles. The summed E-state index contributed by atoms with van der Waals surface area (Å²) >= 11 is 1.35. The van der Waals surface area contributed by atoms with Gasteiger partial charge in [0.2, 0.25) is 11.1 Å². The molecule has 96 valence electrons. The van der Waals surface area contributed by atoms with Gasteiger partial charge in [-0.3, -0.25) is 9.89 Å². The maximum absolute atomic E-state index is 11.5. The number of hydrogen-bond acceptors (Lipinski definition) is 4. The number of nitrogens with one attached hydrogen (secondary N) is 2. The minimum absolute atomic E-state index is 0.0274. The molecular weight excluding hydrogens is 236 g/mol. The third-order valence-electron chi connectivity index (χ3n) is 2.07. The van der Waals surface area contributed by atoms with Crippen LogP contribution >= 0.6 is 11.8 Å². The number of carbonyl (C=O) groups excluding carboxylic acids is 1. The summed E-state index contributed by atoms with van der Waals surface area (Å²) in [7, 11) is 0. The number of thioether (sulfide) groups is 1. The van der Waals surface area contributed by atoms with Gasteiger partial charge in [-0.15, -0.1) is 5.10 Å². The second-order valence-electron chi connectivity index (χ2n) is 4.64. The second kappa shape index (κ2) is 6.64. The summed E-state index contributed by atoms with van der Waals surface area (Å²) in [5, 5.41) is 10.4. The molecule has 0 saturated heterocycles. The summed E-state index contributed by atoms with van der Waals surface area (Å²) in [6.07, 6.45) is 0. The average molecular weight is 256 g/mol. The molecule has 0 radical (unpaired) electrons. The molecule has 0 fully saturated rings. The smallest absolute Gasteiger partial charge is 0.230 e. The van der Waals surface area contributed by atoms with E-state index in [4.69, 9.17) is 0 Å². The van der Waals surface area contributed by atoms with Gasteiger partial charge in [-0.25, -0.2) is 4.98 Å². The number of rotatable bonds is 6. The van der Waals surface area contributed by atoms with Crippen LogP contribution in [0.5, 0.6) is 0 Å². The van der Waals surface area contributed by atoms with Crippen LogP contribution in [-0.4, -0.2) is 33.4 Å². The van der Waals surface area contributed by atoms with Gasteiger partial charge in [0.1, 0.15) is 5.82 Å². The quantitative estimate of drug-likeness (QED) is 0.761. The van der Waals surface area contributed by atoms with Gasteiger partial charge in [0.05, 0.1) is 5.75 Å². The third kappa shape index (κ3) is 5.21. The van der Waals surface area contributed by atoms with E-state index >= 15 is 0 Å². The highest BCUT2D eigenvalue weighted by molar-refractivity contribution is 7.99. The molecule has 0 aromatic carbocycles. The SMILES string of the molecule is CC(C)CNC(=O)CSc1n[nH]c(C(C)C)n1. The highest BCUT2D eigenvalue weighted by atomic mass is 32.2. The Morgan fingerprint density at radius 3 is 2.65 bits per heavy atom. The minimum Gasteiger partial charge on any atom is -0.355 e. The van der Waals surface area contributed by atoms with E-state index in [0.717, 1.165) is 5.82 Å². The fourth-order valence-electron chi connectivity index (χ4n) is 1.08. The summed E-state index contributed by atoms with van der Waals surface area (Å²) in [6.45, 7) is 8.94. The number of H-pyrrole nitrogens is 1. The molecule has 0 aliphatic rings. The lowest BCUT2D eigenvalue weighted by Crippen LogP contribution is -2.28. The van der Waals surface area contributed by atoms with Crippen molar-refractivity contribution >= 4 is 17.7 Å². The number of nitrogens with zero attached hydrogens (tertiary/aromatic N) is 2. The molecule has 6 heteroatoms. The highest BCUT2D eigenvalue weighted by Gasteiger charge is 2.09. The predicted molar refractivity (Wildman–Crippen MR) is 69.0 cm³/mol. The third-order valence-corrected chi connectivity index (χ3v) is 2.92. The van der Waals surface area contributed by atoms with E-state index in [1.807, 2.05) is 13.8 Å². The van der Waals surface area contributed by atoms with Crippen LogP contribution in [0.1, 0.15) is 39.4 Å². The van der Waals surface area contributed by atoms with E-state index in [9.17, 15) is 4.79 Å². The maximum atomic E-state index is 11.5. The number of aromatic amines is 1. The Bertz CT molecular complexity index is 362. The topological polar surface area (TPSA) is 70.7 Å². The van der Waals surface area contributed by atoms with E-state index < -0.39 is 0 Å². The lowest BCUT2D eigenvalue weighted by molar-refractivity contribution is -0.118. The first-order valence-corrected chi connectivity index (χ1v) is 6.79. The van der Waals surface area contributed by atoms with Crippen molar-refractivity contribution < 1.29 is 4.79 Å². The average Bonchev–Trinajstić information content (AvgIpc) is 2.72. The molecule has 0 aliphatic heterocycles. The first kappa shape index (κ1) is 14.0. The summed E-state index contributed by atoms with van der Waals surface area (Å²) in [5.41, 5.74) is 0. The monoisotopic (exact) mass is 256 g/mol. The zero-order valence-corrected chi connectivity index (χ0v) is 11.6. The Kier molecular flexibility index (Phi) is 5.47. The molecule has 1 amide bonds. The van der Waals surface area contributed by atoms with E-state index in [1.165, 1.54) is 11.8 Å². The van der Waals surface area contributed by atoms with Crippen LogP contribution in [0.25, 0.3) is 0 Å². The van der Waals surface area contributed by atoms with Crippen LogP contribution in [0.2, 0.25) is 0 Å². The molecule has 0 atom stereocenters. The Morgan fingerprint density at radius 1 is 1.41 bits per heavy atom. The Hall–Kier alpha value is -1.04. The normalized spacial score (nSPS) is 11.2. The fourth-order valence-corrected chi connectivity index (χ4v) is 1.72. The zero-order valence-electron chi connectivity index (χ0n) is 10.8. The Morgan fingerprint density at radius 2 is 2.12 bits per heavy atom. The fraction of sp³-hybridized carbons (Fsp3) is 0.727. The van der Waals surface area contributed by atoms with Gasteiger partial charge in [0, 0.05) is 12.5 Å². The van der Waals surface area contributed by atoms with E-state index in [2.05, 4.69) is 34.3 Å².